The van der Waals surface area contributed by atoms with Crippen molar-refractivity contribution >= 4 is 18.0 Å². The fraction of sp³-hybridized carbons (Fsp3) is 0.471. The molecular formula is C17H23NO6. The van der Waals surface area contributed by atoms with Gasteiger partial charge in [0.15, 0.2) is 0 Å². The van der Waals surface area contributed by atoms with E-state index in [1.807, 2.05) is 30.3 Å². The van der Waals surface area contributed by atoms with Crippen molar-refractivity contribution in [1.82, 2.24) is 5.32 Å². The number of amides is 1. The first-order valence-corrected chi connectivity index (χ1v) is 7.88. The molecule has 0 aliphatic heterocycles. The van der Waals surface area contributed by atoms with Crippen LogP contribution in [0, 0.1) is 0 Å². The van der Waals surface area contributed by atoms with Crippen LogP contribution in [0.4, 0.5) is 4.79 Å². The highest BCUT2D eigenvalue weighted by atomic mass is 16.6. The number of esters is 1. The lowest BCUT2D eigenvalue weighted by Gasteiger charge is -2.17. The van der Waals surface area contributed by atoms with Gasteiger partial charge in [0.25, 0.3) is 0 Å². The number of hydrogen-bond donors (Lipinski definition) is 2. The number of aliphatic carboxylic acids is 1. The largest absolute Gasteiger partial charge is 0.481 e. The van der Waals surface area contributed by atoms with Gasteiger partial charge >= 0.3 is 18.0 Å². The molecule has 0 bridgehead atoms. The zero-order valence-corrected chi connectivity index (χ0v) is 13.7. The molecule has 132 valence electrons. The summed E-state index contributed by atoms with van der Waals surface area (Å²) in [6.45, 7) is 1.96. The van der Waals surface area contributed by atoms with Crippen molar-refractivity contribution in [3.05, 3.63) is 35.9 Å². The van der Waals surface area contributed by atoms with Crippen molar-refractivity contribution in [3.8, 4) is 0 Å². The summed E-state index contributed by atoms with van der Waals surface area (Å²) >= 11 is 0. The molecule has 24 heavy (non-hydrogen) atoms. The van der Waals surface area contributed by atoms with Gasteiger partial charge in [-0.15, -0.1) is 0 Å². The zero-order valence-electron chi connectivity index (χ0n) is 13.7. The number of ether oxygens (including phenoxy) is 2. The number of benzene rings is 1. The van der Waals surface area contributed by atoms with Crippen LogP contribution < -0.4 is 5.32 Å². The van der Waals surface area contributed by atoms with E-state index in [4.69, 9.17) is 14.6 Å². The van der Waals surface area contributed by atoms with Gasteiger partial charge in [0, 0.05) is 6.42 Å². The van der Waals surface area contributed by atoms with Gasteiger partial charge in [0.2, 0.25) is 0 Å². The van der Waals surface area contributed by atoms with Crippen LogP contribution in [0.2, 0.25) is 0 Å². The summed E-state index contributed by atoms with van der Waals surface area (Å²) in [4.78, 5) is 34.2. The number of carboxylic acids is 1. The van der Waals surface area contributed by atoms with Crippen molar-refractivity contribution in [2.45, 2.75) is 45.3 Å². The molecule has 0 aliphatic rings. The van der Waals surface area contributed by atoms with E-state index >= 15 is 0 Å². The standard InChI is InChI=1S/C17H23NO6/c1-2-23-17(22)18-14(10-6-7-11-15(19)20)16(21)24-12-13-8-4-3-5-9-13/h3-5,8-9,14H,2,6-7,10-12H2,1H3,(H,18,22)(H,19,20)/t14-/m1/s1. The second kappa shape index (κ2) is 11.0. The van der Waals surface area contributed by atoms with Crippen molar-refractivity contribution in [3.63, 3.8) is 0 Å². The first-order valence-electron chi connectivity index (χ1n) is 7.88. The van der Waals surface area contributed by atoms with E-state index in [0.29, 0.717) is 19.3 Å². The highest BCUT2D eigenvalue weighted by Gasteiger charge is 2.22. The van der Waals surface area contributed by atoms with E-state index in [9.17, 15) is 14.4 Å². The fourth-order valence-electron chi connectivity index (χ4n) is 2.02. The van der Waals surface area contributed by atoms with Crippen molar-refractivity contribution in [2.24, 2.45) is 0 Å². The van der Waals surface area contributed by atoms with Crippen LogP contribution in [0.5, 0.6) is 0 Å². The lowest BCUT2D eigenvalue weighted by molar-refractivity contribution is -0.147. The van der Waals surface area contributed by atoms with Gasteiger partial charge in [0.1, 0.15) is 12.6 Å². The summed E-state index contributed by atoms with van der Waals surface area (Å²) < 4.78 is 10.00. The second-order valence-electron chi connectivity index (χ2n) is 5.15. The molecule has 0 unspecified atom stereocenters. The minimum Gasteiger partial charge on any atom is -0.481 e. The Hall–Kier alpha value is -2.57. The SMILES string of the molecule is CCOC(=O)N[C@H](CCCCC(=O)O)C(=O)OCc1ccccc1. The maximum atomic E-state index is 12.2. The smallest absolute Gasteiger partial charge is 0.407 e. The van der Waals surface area contributed by atoms with Crippen LogP contribution in [-0.4, -0.2) is 35.8 Å². The molecule has 2 N–H and O–H groups in total. The molecule has 0 saturated heterocycles. The third kappa shape index (κ3) is 8.17. The number of carbonyl (C=O) groups is 3. The average Bonchev–Trinajstić information content (AvgIpc) is 2.56. The van der Waals surface area contributed by atoms with E-state index in [1.165, 1.54) is 0 Å². The topological polar surface area (TPSA) is 102 Å². The third-order valence-corrected chi connectivity index (χ3v) is 3.21. The maximum Gasteiger partial charge on any atom is 0.407 e. The number of hydrogen-bond acceptors (Lipinski definition) is 5. The average molecular weight is 337 g/mol. The minimum absolute atomic E-state index is 0.0190. The number of carboxylic acid groups (broad SMARTS) is 1. The third-order valence-electron chi connectivity index (χ3n) is 3.21. The highest BCUT2D eigenvalue weighted by Crippen LogP contribution is 2.08. The van der Waals surface area contributed by atoms with Gasteiger partial charge in [-0.05, 0) is 25.3 Å². The molecule has 0 heterocycles. The molecule has 1 rings (SSSR count). The molecule has 1 atom stereocenters. The van der Waals surface area contributed by atoms with Crippen LogP contribution in [-0.2, 0) is 25.7 Å². The Morgan fingerprint density at radius 2 is 1.83 bits per heavy atom. The van der Waals surface area contributed by atoms with Gasteiger partial charge in [0.05, 0.1) is 6.61 Å². The lowest BCUT2D eigenvalue weighted by Crippen LogP contribution is -2.42. The number of alkyl carbamates (subject to hydrolysis) is 1. The van der Waals surface area contributed by atoms with Gasteiger partial charge < -0.3 is 19.9 Å². The molecule has 7 nitrogen and oxygen atoms in total. The van der Waals surface area contributed by atoms with Gasteiger partial charge in [-0.3, -0.25) is 4.79 Å². The van der Waals surface area contributed by atoms with Crippen LogP contribution >= 0.6 is 0 Å². The maximum absolute atomic E-state index is 12.2. The summed E-state index contributed by atoms with van der Waals surface area (Å²) in [5.74, 6) is -1.46. The number of nitrogens with one attached hydrogen (secondary N) is 1. The molecule has 0 aliphatic carbocycles. The Balaban J connectivity index is 2.52. The van der Waals surface area contributed by atoms with Crippen molar-refractivity contribution in [1.29, 1.82) is 0 Å². The first kappa shape index (κ1) is 19.5. The molecule has 0 radical (unpaired) electrons. The molecule has 0 saturated carbocycles. The summed E-state index contributed by atoms with van der Waals surface area (Å²) in [6.07, 6.45) is 0.509. The van der Waals surface area contributed by atoms with Crippen molar-refractivity contribution in [2.75, 3.05) is 6.61 Å². The zero-order chi connectivity index (χ0) is 17.8. The minimum atomic E-state index is -0.892. The molecule has 1 aromatic rings. The molecular weight excluding hydrogens is 314 g/mol. The van der Waals surface area contributed by atoms with Gasteiger partial charge in [-0.25, -0.2) is 9.59 Å². The highest BCUT2D eigenvalue weighted by molar-refractivity contribution is 5.81. The van der Waals surface area contributed by atoms with Crippen LogP contribution in [0.15, 0.2) is 30.3 Å². The molecule has 0 fully saturated rings. The summed E-state index contributed by atoms with van der Waals surface area (Å²) in [7, 11) is 0. The van der Waals surface area contributed by atoms with Gasteiger partial charge in [-0.2, -0.15) is 0 Å². The molecule has 7 heteroatoms. The van der Waals surface area contributed by atoms with E-state index in [2.05, 4.69) is 5.32 Å². The Kier molecular flexibility index (Phi) is 8.96. The number of rotatable bonds is 10. The normalized spacial score (nSPS) is 11.4. The predicted molar refractivity (Wildman–Crippen MR) is 86.3 cm³/mol. The number of unbranched alkanes of at least 4 members (excludes halogenated alkanes) is 1. The summed E-state index contributed by atoms with van der Waals surface area (Å²) in [6, 6.07) is 8.33. The lowest BCUT2D eigenvalue weighted by atomic mass is 10.1. The number of carbonyl (C=O) groups excluding carboxylic acids is 2. The van der Waals surface area contributed by atoms with Crippen molar-refractivity contribution < 1.29 is 29.0 Å². The Morgan fingerprint density at radius 1 is 1.12 bits per heavy atom. The predicted octanol–water partition coefficient (Wildman–Crippen LogP) is 2.49. The summed E-state index contributed by atoms with van der Waals surface area (Å²) in [5.41, 5.74) is 0.839. The van der Waals surface area contributed by atoms with E-state index in [-0.39, 0.29) is 19.6 Å². The summed E-state index contributed by atoms with van der Waals surface area (Å²) in [5, 5.41) is 11.1. The molecule has 0 aromatic heterocycles. The van der Waals surface area contributed by atoms with E-state index in [1.54, 1.807) is 6.92 Å². The molecule has 1 aromatic carbocycles. The Bertz CT molecular complexity index is 531. The fourth-order valence-corrected chi connectivity index (χ4v) is 2.02. The Morgan fingerprint density at radius 3 is 2.46 bits per heavy atom. The van der Waals surface area contributed by atoms with Crippen LogP contribution in [0.3, 0.4) is 0 Å². The monoisotopic (exact) mass is 337 g/mol. The van der Waals surface area contributed by atoms with E-state index in [0.717, 1.165) is 5.56 Å². The van der Waals surface area contributed by atoms with Gasteiger partial charge in [-0.1, -0.05) is 36.8 Å². The quantitative estimate of drug-likeness (QED) is 0.502. The Labute approximate surface area is 141 Å². The molecule has 0 spiro atoms. The first-order chi connectivity index (χ1) is 11.5. The van der Waals surface area contributed by atoms with Crippen LogP contribution in [0.1, 0.15) is 38.2 Å². The van der Waals surface area contributed by atoms with Crippen LogP contribution in [0.25, 0.3) is 0 Å². The second-order valence-corrected chi connectivity index (χ2v) is 5.15. The van der Waals surface area contributed by atoms with E-state index < -0.39 is 24.1 Å². The molecule has 1 amide bonds.